The van der Waals surface area contributed by atoms with Crippen LogP contribution in [0.25, 0.3) is 0 Å². The average molecular weight is 334 g/mol. The van der Waals surface area contributed by atoms with Crippen molar-refractivity contribution >= 4 is 27.6 Å². The molecule has 6 nitrogen and oxygen atoms in total. The zero-order chi connectivity index (χ0) is 15.5. The molecule has 0 spiro atoms. The first-order valence-electron chi connectivity index (χ1n) is 6.50. The van der Waals surface area contributed by atoms with Gasteiger partial charge in [-0.15, -0.1) is 0 Å². The van der Waals surface area contributed by atoms with Crippen LogP contribution in [0.1, 0.15) is 23.2 Å². The summed E-state index contributed by atoms with van der Waals surface area (Å²) in [6, 6.07) is 3.62. The molecule has 2 rings (SSSR count). The number of hydrogen-bond acceptors (Lipinski definition) is 4. The molecular formula is C13H16ClNO5S. The lowest BCUT2D eigenvalue weighted by Crippen LogP contribution is -2.26. The number of hydrogen-bond donors (Lipinski definition) is 2. The summed E-state index contributed by atoms with van der Waals surface area (Å²) in [4.78, 5) is 10.9. The van der Waals surface area contributed by atoms with Crippen LogP contribution in [0.4, 0.5) is 0 Å². The molecule has 1 fully saturated rings. The Labute approximate surface area is 128 Å². The van der Waals surface area contributed by atoms with Crippen LogP contribution in [0.5, 0.6) is 0 Å². The van der Waals surface area contributed by atoms with E-state index in [9.17, 15) is 13.2 Å². The van der Waals surface area contributed by atoms with Crippen LogP contribution in [-0.2, 0) is 14.8 Å². The molecule has 0 bridgehead atoms. The first kappa shape index (κ1) is 16.2. The van der Waals surface area contributed by atoms with Crippen molar-refractivity contribution in [2.75, 3.05) is 19.8 Å². The number of ether oxygens (including phenoxy) is 1. The van der Waals surface area contributed by atoms with Gasteiger partial charge in [-0.1, -0.05) is 11.6 Å². The molecule has 0 amide bonds. The van der Waals surface area contributed by atoms with Crippen molar-refractivity contribution in [1.29, 1.82) is 0 Å². The van der Waals surface area contributed by atoms with E-state index in [-0.39, 0.29) is 15.5 Å². The molecule has 1 heterocycles. The van der Waals surface area contributed by atoms with Gasteiger partial charge in [0.05, 0.1) is 15.5 Å². The molecule has 116 valence electrons. The number of carboxylic acids is 1. The number of sulfonamides is 1. The van der Waals surface area contributed by atoms with Gasteiger partial charge in [0.15, 0.2) is 0 Å². The minimum Gasteiger partial charge on any atom is -0.478 e. The lowest BCUT2D eigenvalue weighted by atomic mass is 10.1. The minimum absolute atomic E-state index is 0.00422. The van der Waals surface area contributed by atoms with E-state index in [2.05, 4.69) is 4.72 Å². The summed E-state index contributed by atoms with van der Waals surface area (Å²) >= 11 is 5.72. The van der Waals surface area contributed by atoms with Gasteiger partial charge in [0.1, 0.15) is 0 Å². The largest absolute Gasteiger partial charge is 0.478 e. The maximum Gasteiger partial charge on any atom is 0.337 e. The third kappa shape index (κ3) is 4.16. The van der Waals surface area contributed by atoms with E-state index in [1.165, 1.54) is 12.1 Å². The minimum atomic E-state index is -3.74. The summed E-state index contributed by atoms with van der Waals surface area (Å²) in [6.45, 7) is 1.67. The summed E-state index contributed by atoms with van der Waals surface area (Å²) in [5, 5.41) is 8.97. The Hall–Kier alpha value is -1.15. The second-order valence-electron chi connectivity index (χ2n) is 4.86. The Morgan fingerprint density at radius 2 is 2.24 bits per heavy atom. The predicted octanol–water partition coefficient (Wildman–Crippen LogP) is 1.74. The van der Waals surface area contributed by atoms with Gasteiger partial charge < -0.3 is 9.84 Å². The van der Waals surface area contributed by atoms with E-state index in [0.29, 0.717) is 25.5 Å². The van der Waals surface area contributed by atoms with Crippen molar-refractivity contribution in [3.8, 4) is 0 Å². The van der Waals surface area contributed by atoms with Crippen LogP contribution in [0.15, 0.2) is 23.1 Å². The van der Waals surface area contributed by atoms with Gasteiger partial charge in [0, 0.05) is 19.8 Å². The highest BCUT2D eigenvalue weighted by Gasteiger charge is 2.20. The normalized spacial score (nSPS) is 18.8. The van der Waals surface area contributed by atoms with Crippen LogP contribution in [0, 0.1) is 5.92 Å². The van der Waals surface area contributed by atoms with Crippen LogP contribution >= 0.6 is 11.6 Å². The SMILES string of the molecule is O=C(O)c1cc(S(=O)(=O)NCCC2CCOC2)ccc1Cl. The lowest BCUT2D eigenvalue weighted by Gasteiger charge is -2.10. The molecule has 21 heavy (non-hydrogen) atoms. The number of rotatable bonds is 6. The van der Waals surface area contributed by atoms with E-state index < -0.39 is 16.0 Å². The number of benzene rings is 1. The molecule has 8 heteroatoms. The third-order valence-electron chi connectivity index (χ3n) is 3.35. The average Bonchev–Trinajstić information content (AvgIpc) is 2.91. The molecular weight excluding hydrogens is 318 g/mol. The van der Waals surface area contributed by atoms with Crippen molar-refractivity contribution in [3.63, 3.8) is 0 Å². The highest BCUT2D eigenvalue weighted by atomic mass is 35.5. The van der Waals surface area contributed by atoms with Gasteiger partial charge in [0.2, 0.25) is 10.0 Å². The van der Waals surface area contributed by atoms with Crippen LogP contribution in [-0.4, -0.2) is 39.3 Å². The monoisotopic (exact) mass is 333 g/mol. The Bertz CT molecular complexity index is 625. The molecule has 1 aromatic carbocycles. The van der Waals surface area contributed by atoms with E-state index in [1.54, 1.807) is 0 Å². The van der Waals surface area contributed by atoms with Gasteiger partial charge in [-0.2, -0.15) is 0 Å². The summed E-state index contributed by atoms with van der Waals surface area (Å²) in [7, 11) is -3.74. The molecule has 0 aromatic heterocycles. The quantitative estimate of drug-likeness (QED) is 0.827. The zero-order valence-electron chi connectivity index (χ0n) is 11.2. The smallest absolute Gasteiger partial charge is 0.337 e. The summed E-state index contributed by atoms with van der Waals surface area (Å²) in [5.74, 6) is -0.896. The molecule has 0 saturated carbocycles. The fraction of sp³-hybridized carbons (Fsp3) is 0.462. The summed E-state index contributed by atoms with van der Waals surface area (Å²) in [6.07, 6.45) is 1.63. The maximum atomic E-state index is 12.1. The van der Waals surface area contributed by atoms with E-state index in [4.69, 9.17) is 21.4 Å². The van der Waals surface area contributed by atoms with Crippen LogP contribution < -0.4 is 4.72 Å². The Kier molecular flexibility index (Phi) is 5.21. The molecule has 0 radical (unpaired) electrons. The van der Waals surface area contributed by atoms with Gasteiger partial charge >= 0.3 is 5.97 Å². The van der Waals surface area contributed by atoms with Gasteiger partial charge in [-0.25, -0.2) is 17.9 Å². The molecule has 1 unspecified atom stereocenters. The van der Waals surface area contributed by atoms with Gasteiger partial charge in [-0.05, 0) is 37.0 Å². The van der Waals surface area contributed by atoms with Crippen molar-refractivity contribution in [2.24, 2.45) is 5.92 Å². The van der Waals surface area contributed by atoms with Crippen molar-refractivity contribution in [2.45, 2.75) is 17.7 Å². The van der Waals surface area contributed by atoms with E-state index >= 15 is 0 Å². The second kappa shape index (κ2) is 6.74. The summed E-state index contributed by atoms with van der Waals surface area (Å²) in [5.41, 5.74) is -0.233. The van der Waals surface area contributed by atoms with Gasteiger partial charge in [0.25, 0.3) is 0 Å². The van der Waals surface area contributed by atoms with Crippen LogP contribution in [0.2, 0.25) is 5.02 Å². The zero-order valence-corrected chi connectivity index (χ0v) is 12.8. The molecule has 1 saturated heterocycles. The van der Waals surface area contributed by atoms with Crippen molar-refractivity contribution < 1.29 is 23.1 Å². The standard InChI is InChI=1S/C13H16ClNO5S/c14-12-2-1-10(7-11(12)13(16)17)21(18,19)15-5-3-9-4-6-20-8-9/h1-2,7,9,15H,3-6,8H2,(H,16,17). The molecule has 1 atom stereocenters. The highest BCUT2D eigenvalue weighted by Crippen LogP contribution is 2.21. The molecule has 1 aromatic rings. The number of carboxylic acid groups (broad SMARTS) is 1. The maximum absolute atomic E-state index is 12.1. The predicted molar refractivity (Wildman–Crippen MR) is 77.1 cm³/mol. The fourth-order valence-corrected chi connectivity index (χ4v) is 3.40. The third-order valence-corrected chi connectivity index (χ3v) is 5.14. The number of halogens is 1. The van der Waals surface area contributed by atoms with E-state index in [0.717, 1.165) is 19.1 Å². The summed E-state index contributed by atoms with van der Waals surface area (Å²) < 4.78 is 31.9. The fourth-order valence-electron chi connectivity index (χ4n) is 2.13. The Morgan fingerprint density at radius 3 is 2.86 bits per heavy atom. The van der Waals surface area contributed by atoms with Crippen LogP contribution in [0.3, 0.4) is 0 Å². The Balaban J connectivity index is 2.04. The molecule has 1 aliphatic rings. The molecule has 2 N–H and O–H groups in total. The number of carbonyl (C=O) groups is 1. The van der Waals surface area contributed by atoms with Gasteiger partial charge in [-0.3, -0.25) is 0 Å². The first-order valence-corrected chi connectivity index (χ1v) is 8.36. The highest BCUT2D eigenvalue weighted by molar-refractivity contribution is 7.89. The molecule has 0 aliphatic carbocycles. The van der Waals surface area contributed by atoms with Crippen molar-refractivity contribution in [1.82, 2.24) is 4.72 Å². The van der Waals surface area contributed by atoms with E-state index in [1.807, 2.05) is 0 Å². The number of aromatic carboxylic acids is 1. The lowest BCUT2D eigenvalue weighted by molar-refractivity contribution is 0.0697. The first-order chi connectivity index (χ1) is 9.90. The molecule has 1 aliphatic heterocycles. The Morgan fingerprint density at radius 1 is 1.48 bits per heavy atom. The van der Waals surface area contributed by atoms with Crippen molar-refractivity contribution in [3.05, 3.63) is 28.8 Å². The topological polar surface area (TPSA) is 92.7 Å². The second-order valence-corrected chi connectivity index (χ2v) is 7.04. The number of nitrogens with one attached hydrogen (secondary N) is 1.